The summed E-state index contributed by atoms with van der Waals surface area (Å²) in [5.74, 6) is 0.542. The molecule has 2 rings (SSSR count). The summed E-state index contributed by atoms with van der Waals surface area (Å²) in [5, 5.41) is 9.72. The van der Waals surface area contributed by atoms with E-state index in [1.807, 2.05) is 0 Å². The smallest absolute Gasteiger partial charge is 0.203 e. The maximum atomic E-state index is 12.6. The van der Waals surface area contributed by atoms with Crippen LogP contribution in [0.1, 0.15) is 66.2 Å². The Hall–Kier alpha value is -0.210. The van der Waals surface area contributed by atoms with E-state index in [0.717, 1.165) is 32.1 Å². The molecule has 2 fully saturated rings. The molecule has 0 spiro atoms. The van der Waals surface area contributed by atoms with Crippen molar-refractivity contribution in [1.29, 1.82) is 0 Å². The summed E-state index contributed by atoms with van der Waals surface area (Å²) in [6.45, 7) is 8.10. The molecule has 26 heavy (non-hydrogen) atoms. The van der Waals surface area contributed by atoms with Crippen LogP contribution >= 0.6 is 0 Å². The van der Waals surface area contributed by atoms with Crippen molar-refractivity contribution in [2.24, 2.45) is 11.8 Å². The third-order valence-corrected chi connectivity index (χ3v) is 7.92. The Morgan fingerprint density at radius 1 is 1.19 bits per heavy atom. The molecule has 1 saturated heterocycles. The fraction of sp³-hybridized carbons (Fsp3) is 1.00. The second-order valence-corrected chi connectivity index (χ2v) is 10.5. The molecule has 154 valence electrons. The van der Waals surface area contributed by atoms with Crippen molar-refractivity contribution in [1.82, 2.24) is 0 Å². The van der Waals surface area contributed by atoms with Crippen LogP contribution in [-0.2, 0) is 24.0 Å². The normalized spacial score (nSPS) is 32.8. The summed E-state index contributed by atoms with van der Waals surface area (Å²) in [6, 6.07) is 0. The molecular weight excluding hydrogens is 356 g/mol. The van der Waals surface area contributed by atoms with Crippen LogP contribution in [0.15, 0.2) is 0 Å². The van der Waals surface area contributed by atoms with Crippen molar-refractivity contribution in [3.8, 4) is 0 Å². The lowest BCUT2D eigenvalue weighted by Crippen LogP contribution is -2.35. The predicted molar refractivity (Wildman–Crippen MR) is 100 cm³/mol. The van der Waals surface area contributed by atoms with Crippen molar-refractivity contribution in [2.75, 3.05) is 13.2 Å². The Labute approximate surface area is 158 Å². The molecule has 1 aliphatic heterocycles. The third-order valence-electron chi connectivity index (χ3n) is 5.79. The summed E-state index contributed by atoms with van der Waals surface area (Å²) in [7, 11) is -3.52. The molecule has 7 heteroatoms. The number of hydrogen-bond acceptors (Lipinski definition) is 6. The number of hydrogen-bond donors (Lipinski definition) is 1. The Balaban J connectivity index is 1.75. The summed E-state index contributed by atoms with van der Waals surface area (Å²) < 4.78 is 42.0. The molecule has 0 radical (unpaired) electrons. The molecule has 1 N–H and O–H groups in total. The van der Waals surface area contributed by atoms with Gasteiger partial charge in [0.1, 0.15) is 0 Å². The van der Waals surface area contributed by atoms with E-state index in [4.69, 9.17) is 14.2 Å². The van der Waals surface area contributed by atoms with Gasteiger partial charge in [0.2, 0.25) is 9.84 Å². The highest BCUT2D eigenvalue weighted by molar-refractivity contribution is 7.92. The van der Waals surface area contributed by atoms with Crippen molar-refractivity contribution in [3.05, 3.63) is 0 Å². The van der Waals surface area contributed by atoms with Crippen LogP contribution in [0.5, 0.6) is 0 Å². The van der Waals surface area contributed by atoms with Crippen LogP contribution in [0.25, 0.3) is 0 Å². The average Bonchev–Trinajstić information content (AvgIpc) is 3.30. The van der Waals surface area contributed by atoms with E-state index in [1.54, 1.807) is 13.8 Å². The first-order valence-corrected chi connectivity index (χ1v) is 11.6. The summed E-state index contributed by atoms with van der Waals surface area (Å²) in [4.78, 5) is 0. The largest absolute Gasteiger partial charge is 0.393 e. The van der Waals surface area contributed by atoms with Crippen molar-refractivity contribution in [2.45, 2.75) is 95.4 Å². The Morgan fingerprint density at radius 2 is 1.85 bits per heavy atom. The third kappa shape index (κ3) is 6.44. The minimum atomic E-state index is -3.52. The van der Waals surface area contributed by atoms with Gasteiger partial charge in [0.25, 0.3) is 0 Å². The van der Waals surface area contributed by atoms with Crippen molar-refractivity contribution in [3.63, 3.8) is 0 Å². The minimum absolute atomic E-state index is 0.234. The second-order valence-electron chi connectivity index (χ2n) is 7.97. The summed E-state index contributed by atoms with van der Waals surface area (Å²) >= 11 is 0. The highest BCUT2D eigenvalue weighted by Crippen LogP contribution is 2.30. The second kappa shape index (κ2) is 9.82. The van der Waals surface area contributed by atoms with Crippen LogP contribution in [-0.4, -0.2) is 55.9 Å². The lowest BCUT2D eigenvalue weighted by molar-refractivity contribution is 0.0290. The molecule has 7 unspecified atom stereocenters. The first-order chi connectivity index (χ1) is 12.2. The molecule has 0 aromatic heterocycles. The topological polar surface area (TPSA) is 85.4 Å². The summed E-state index contributed by atoms with van der Waals surface area (Å²) in [6.07, 6.45) is 5.66. The van der Waals surface area contributed by atoms with E-state index in [0.29, 0.717) is 37.8 Å². The zero-order valence-corrected chi connectivity index (χ0v) is 17.4. The molecule has 2 aliphatic rings. The maximum Gasteiger partial charge on any atom is 0.203 e. The number of ether oxygens (including phenoxy) is 3. The van der Waals surface area contributed by atoms with Gasteiger partial charge >= 0.3 is 0 Å². The fourth-order valence-corrected chi connectivity index (χ4v) is 4.65. The van der Waals surface area contributed by atoms with E-state index >= 15 is 0 Å². The molecule has 7 atom stereocenters. The quantitative estimate of drug-likeness (QED) is 0.544. The molecule has 0 amide bonds. The zero-order valence-electron chi connectivity index (χ0n) is 16.6. The minimum Gasteiger partial charge on any atom is -0.393 e. The van der Waals surface area contributed by atoms with Gasteiger partial charge in [-0.05, 0) is 58.3 Å². The maximum absolute atomic E-state index is 12.6. The number of aliphatic hydroxyl groups is 1. The molecule has 1 saturated carbocycles. The zero-order chi connectivity index (χ0) is 19.3. The SMILES string of the molecule is CCC(COC(C)S(=O)(=O)C(C)OCC1CCCC(O)C1)CC1OC1C. The molecule has 0 aromatic rings. The lowest BCUT2D eigenvalue weighted by atomic mass is 9.88. The highest BCUT2D eigenvalue weighted by Gasteiger charge is 2.36. The number of epoxide rings is 1. The first kappa shape index (κ1) is 22.1. The van der Waals surface area contributed by atoms with Crippen LogP contribution in [0.3, 0.4) is 0 Å². The monoisotopic (exact) mass is 392 g/mol. The molecule has 0 aromatic carbocycles. The summed E-state index contributed by atoms with van der Waals surface area (Å²) in [5.41, 5.74) is -1.79. The van der Waals surface area contributed by atoms with E-state index in [-0.39, 0.29) is 12.0 Å². The Kier molecular flexibility index (Phi) is 8.34. The van der Waals surface area contributed by atoms with Crippen molar-refractivity contribution >= 4 is 9.84 Å². The van der Waals surface area contributed by atoms with E-state index in [9.17, 15) is 13.5 Å². The van der Waals surface area contributed by atoms with Gasteiger partial charge in [-0.3, -0.25) is 0 Å². The van der Waals surface area contributed by atoms with Crippen LogP contribution < -0.4 is 0 Å². The van der Waals surface area contributed by atoms with Gasteiger partial charge < -0.3 is 19.3 Å². The number of aliphatic hydroxyl groups excluding tert-OH is 1. The van der Waals surface area contributed by atoms with Crippen LogP contribution in [0.4, 0.5) is 0 Å². The van der Waals surface area contributed by atoms with Crippen LogP contribution in [0, 0.1) is 11.8 Å². The van der Waals surface area contributed by atoms with E-state index in [1.165, 1.54) is 0 Å². The van der Waals surface area contributed by atoms with Gasteiger partial charge in [-0.25, -0.2) is 8.42 Å². The average molecular weight is 393 g/mol. The molecule has 6 nitrogen and oxygen atoms in total. The van der Waals surface area contributed by atoms with Gasteiger partial charge in [-0.2, -0.15) is 0 Å². The lowest BCUT2D eigenvalue weighted by Gasteiger charge is -2.27. The predicted octanol–water partition coefficient (Wildman–Crippen LogP) is 2.88. The molecule has 0 bridgehead atoms. The van der Waals surface area contributed by atoms with Crippen molar-refractivity contribution < 1.29 is 27.7 Å². The highest BCUT2D eigenvalue weighted by atomic mass is 32.2. The number of sulfone groups is 1. The van der Waals surface area contributed by atoms with Gasteiger partial charge in [0.05, 0.1) is 31.5 Å². The van der Waals surface area contributed by atoms with Gasteiger partial charge in [0, 0.05) is 0 Å². The molecule has 1 aliphatic carbocycles. The van der Waals surface area contributed by atoms with Gasteiger partial charge in [-0.15, -0.1) is 0 Å². The fourth-order valence-electron chi connectivity index (χ4n) is 3.58. The Bertz CT molecular complexity index is 522. The molecular formula is C19H36O6S. The molecule has 1 heterocycles. The van der Waals surface area contributed by atoms with E-state index < -0.39 is 20.7 Å². The van der Waals surface area contributed by atoms with E-state index in [2.05, 4.69) is 13.8 Å². The first-order valence-electron chi connectivity index (χ1n) is 10.0. The standard InChI is InChI=1S/C19H36O6S/c1-5-16(10-19-13(2)25-19)11-23-14(3)26(21,22)15(4)24-12-17-7-6-8-18(20)9-17/h13-20H,5-12H2,1-4H3. The van der Waals surface area contributed by atoms with Gasteiger partial charge in [-0.1, -0.05) is 19.8 Å². The Morgan fingerprint density at radius 3 is 2.42 bits per heavy atom. The number of rotatable bonds is 11. The van der Waals surface area contributed by atoms with Gasteiger partial charge in [0.15, 0.2) is 10.9 Å². The van der Waals surface area contributed by atoms with Crippen LogP contribution in [0.2, 0.25) is 0 Å².